The van der Waals surface area contributed by atoms with Crippen LogP contribution >= 0.6 is 0 Å². The first-order valence-corrected chi connectivity index (χ1v) is 8.71. The normalized spacial score (nSPS) is 10.6. The van der Waals surface area contributed by atoms with Crippen molar-refractivity contribution in [3.8, 4) is 0 Å². The second kappa shape index (κ2) is 8.20. The molecule has 0 spiro atoms. The van der Waals surface area contributed by atoms with E-state index in [-0.39, 0.29) is 23.4 Å². The molecule has 28 heavy (non-hydrogen) atoms. The van der Waals surface area contributed by atoms with Gasteiger partial charge >= 0.3 is 11.9 Å². The second-order valence-corrected chi connectivity index (χ2v) is 6.34. The van der Waals surface area contributed by atoms with Crippen LogP contribution in [-0.4, -0.2) is 51.5 Å². The molecule has 0 saturated heterocycles. The minimum Gasteiger partial charge on any atom is -0.461 e. The Bertz CT molecular complexity index is 967. The average molecular weight is 389 g/mol. The largest absolute Gasteiger partial charge is 0.461 e. The van der Waals surface area contributed by atoms with Crippen molar-refractivity contribution in [2.24, 2.45) is 7.05 Å². The number of hydrogen-bond donors (Lipinski definition) is 1. The van der Waals surface area contributed by atoms with Crippen LogP contribution in [0.25, 0.3) is 0 Å². The summed E-state index contributed by atoms with van der Waals surface area (Å²) in [6.07, 6.45) is 0. The number of aromatic amines is 1. The van der Waals surface area contributed by atoms with Crippen LogP contribution in [0.15, 0.2) is 0 Å². The van der Waals surface area contributed by atoms with Crippen LogP contribution in [0, 0.1) is 27.7 Å². The van der Waals surface area contributed by atoms with Gasteiger partial charge in [0.2, 0.25) is 5.78 Å². The van der Waals surface area contributed by atoms with Gasteiger partial charge in [-0.25, -0.2) is 9.59 Å². The molecule has 0 unspecified atom stereocenters. The Hall–Kier alpha value is -3.23. The van der Waals surface area contributed by atoms with Crippen molar-refractivity contribution >= 4 is 23.5 Å². The fraction of sp³-hybridized carbons (Fsp3) is 0.421. The lowest BCUT2D eigenvalue weighted by atomic mass is 10.1. The van der Waals surface area contributed by atoms with Crippen molar-refractivity contribution < 1.29 is 28.7 Å². The van der Waals surface area contributed by atoms with Crippen molar-refractivity contribution in [1.29, 1.82) is 0 Å². The number of hydrogen-bond acceptors (Lipinski definition) is 7. The molecule has 2 rings (SSSR count). The maximum Gasteiger partial charge on any atom is 0.380 e. The van der Waals surface area contributed by atoms with Crippen molar-refractivity contribution in [1.82, 2.24) is 14.8 Å². The Labute approximate surface area is 162 Å². The topological polar surface area (TPSA) is 120 Å². The Balaban J connectivity index is 2.13. The molecule has 0 atom stereocenters. The average Bonchev–Trinajstić information content (AvgIpc) is 3.07. The van der Waals surface area contributed by atoms with E-state index in [0.717, 1.165) is 0 Å². The fourth-order valence-electron chi connectivity index (χ4n) is 3.05. The van der Waals surface area contributed by atoms with Gasteiger partial charge in [0.15, 0.2) is 6.61 Å². The molecule has 9 nitrogen and oxygen atoms in total. The molecule has 9 heteroatoms. The lowest BCUT2D eigenvalue weighted by molar-refractivity contribution is -0.137. The van der Waals surface area contributed by atoms with Crippen LogP contribution < -0.4 is 0 Å². The summed E-state index contributed by atoms with van der Waals surface area (Å²) in [5.41, 5.74) is 2.36. The number of ether oxygens (including phenoxy) is 2. The Morgan fingerprint density at radius 3 is 2.21 bits per heavy atom. The van der Waals surface area contributed by atoms with Crippen molar-refractivity contribution in [3.05, 3.63) is 39.5 Å². The number of nitrogens with one attached hydrogen (secondary N) is 1. The van der Waals surface area contributed by atoms with Gasteiger partial charge in [0.1, 0.15) is 5.69 Å². The summed E-state index contributed by atoms with van der Waals surface area (Å²) in [7, 11) is 1.66. The highest BCUT2D eigenvalue weighted by molar-refractivity contribution is 6.41. The molecule has 2 aromatic heterocycles. The first-order valence-electron chi connectivity index (χ1n) is 8.71. The van der Waals surface area contributed by atoms with E-state index in [4.69, 9.17) is 9.47 Å². The molecule has 0 aromatic carbocycles. The van der Waals surface area contributed by atoms with Crippen LogP contribution in [0.2, 0.25) is 0 Å². The summed E-state index contributed by atoms with van der Waals surface area (Å²) < 4.78 is 11.3. The summed E-state index contributed by atoms with van der Waals surface area (Å²) >= 11 is 0. The number of carbonyl (C=O) groups is 4. The van der Waals surface area contributed by atoms with E-state index in [2.05, 4.69) is 10.1 Å². The predicted molar refractivity (Wildman–Crippen MR) is 98.5 cm³/mol. The smallest absolute Gasteiger partial charge is 0.380 e. The van der Waals surface area contributed by atoms with Gasteiger partial charge in [0.25, 0.3) is 5.78 Å². The highest BCUT2D eigenvalue weighted by Crippen LogP contribution is 2.20. The fourth-order valence-corrected chi connectivity index (χ4v) is 3.05. The van der Waals surface area contributed by atoms with Gasteiger partial charge in [-0.3, -0.25) is 14.3 Å². The van der Waals surface area contributed by atoms with E-state index >= 15 is 0 Å². The van der Waals surface area contributed by atoms with Crippen LogP contribution in [0.3, 0.4) is 0 Å². The molecule has 2 aromatic rings. The number of H-pyrrole nitrogens is 1. The van der Waals surface area contributed by atoms with Gasteiger partial charge in [-0.1, -0.05) is 0 Å². The number of ketones is 2. The molecular formula is C19H23N3O6. The zero-order chi connectivity index (χ0) is 21.2. The molecule has 1 N–H and O–H groups in total. The van der Waals surface area contributed by atoms with Crippen molar-refractivity contribution in [2.75, 3.05) is 13.2 Å². The number of rotatable bonds is 7. The minimum atomic E-state index is -1.14. The van der Waals surface area contributed by atoms with E-state index < -0.39 is 30.1 Å². The molecule has 0 radical (unpaired) electrons. The minimum absolute atomic E-state index is 0.165. The second-order valence-electron chi connectivity index (χ2n) is 6.34. The van der Waals surface area contributed by atoms with Gasteiger partial charge in [-0.2, -0.15) is 5.10 Å². The van der Waals surface area contributed by atoms with Crippen molar-refractivity contribution in [3.63, 3.8) is 0 Å². The maximum atomic E-state index is 12.5. The zero-order valence-corrected chi connectivity index (χ0v) is 16.8. The van der Waals surface area contributed by atoms with Gasteiger partial charge < -0.3 is 14.5 Å². The number of esters is 2. The number of carbonyl (C=O) groups excluding carboxylic acids is 4. The third kappa shape index (κ3) is 3.88. The van der Waals surface area contributed by atoms with Gasteiger partial charge in [-0.05, 0) is 40.2 Å². The number of Topliss-reactive ketones (excluding diaryl/α,β-unsaturated/α-hetero) is 2. The Kier molecular flexibility index (Phi) is 6.17. The zero-order valence-electron chi connectivity index (χ0n) is 16.8. The van der Waals surface area contributed by atoms with E-state index in [1.165, 1.54) is 4.68 Å². The van der Waals surface area contributed by atoms with Crippen LogP contribution in [-0.2, 0) is 21.3 Å². The Morgan fingerprint density at radius 2 is 1.68 bits per heavy atom. The Morgan fingerprint density at radius 1 is 1.04 bits per heavy atom. The number of aryl methyl sites for hydroxylation is 3. The molecule has 0 aliphatic rings. The number of nitrogens with zero attached hydrogens (tertiary/aromatic N) is 2. The summed E-state index contributed by atoms with van der Waals surface area (Å²) in [5.74, 6) is -3.09. The third-order valence-electron chi connectivity index (χ3n) is 4.45. The lowest BCUT2D eigenvalue weighted by Crippen LogP contribution is -2.23. The van der Waals surface area contributed by atoms with Crippen LogP contribution in [0.4, 0.5) is 0 Å². The molecule has 0 aliphatic carbocycles. The molecule has 0 fully saturated rings. The van der Waals surface area contributed by atoms with Crippen molar-refractivity contribution in [2.45, 2.75) is 34.6 Å². The third-order valence-corrected chi connectivity index (χ3v) is 4.45. The van der Waals surface area contributed by atoms with Crippen LogP contribution in [0.5, 0.6) is 0 Å². The maximum absolute atomic E-state index is 12.5. The molecule has 2 heterocycles. The van der Waals surface area contributed by atoms with Gasteiger partial charge in [-0.15, -0.1) is 0 Å². The van der Waals surface area contributed by atoms with E-state index in [1.807, 2.05) is 0 Å². The summed E-state index contributed by atoms with van der Waals surface area (Å²) in [5, 5.41) is 4.09. The van der Waals surface area contributed by atoms with Gasteiger partial charge in [0, 0.05) is 24.0 Å². The predicted octanol–water partition coefficient (Wildman–Crippen LogP) is 1.77. The first kappa shape index (κ1) is 21.1. The SMILES string of the molecule is CCOC(=O)c1[nH]c(C)c(C(=O)COC(=O)C(=O)c2c(C)nn(C)c2C)c1C. The lowest BCUT2D eigenvalue weighted by Gasteiger charge is -2.05. The molecule has 0 aliphatic heterocycles. The summed E-state index contributed by atoms with van der Waals surface area (Å²) in [6.45, 7) is 7.75. The standard InChI is InChI=1S/C19H23N3O6/c1-7-27-18(25)16-9(2)14(10(3)20-16)13(23)8-28-19(26)17(24)15-11(4)21-22(6)12(15)5/h20H,7-8H2,1-6H3. The van der Waals surface area contributed by atoms with E-state index in [0.29, 0.717) is 22.6 Å². The molecule has 0 bridgehead atoms. The molecule has 0 saturated carbocycles. The molecular weight excluding hydrogens is 366 g/mol. The monoisotopic (exact) mass is 389 g/mol. The quantitative estimate of drug-likeness (QED) is 0.435. The number of aromatic nitrogens is 3. The molecule has 150 valence electrons. The molecule has 0 amide bonds. The highest BCUT2D eigenvalue weighted by atomic mass is 16.5. The highest BCUT2D eigenvalue weighted by Gasteiger charge is 2.27. The summed E-state index contributed by atoms with van der Waals surface area (Å²) in [6, 6.07) is 0. The summed E-state index contributed by atoms with van der Waals surface area (Å²) in [4.78, 5) is 51.7. The first-order chi connectivity index (χ1) is 13.1. The van der Waals surface area contributed by atoms with Gasteiger partial charge in [0.05, 0.1) is 17.9 Å². The van der Waals surface area contributed by atoms with Crippen LogP contribution in [0.1, 0.15) is 60.8 Å². The van der Waals surface area contributed by atoms with E-state index in [9.17, 15) is 19.2 Å². The van der Waals surface area contributed by atoms with E-state index in [1.54, 1.807) is 41.7 Å².